The standard InChI is InChI=1S/C27H22Cl2F2N2OS/c1-34-25-13-8-16(14-22(25)29)19-4-2-7-24-26(19)33(18-11-9-17(30)10-12-18)27(32-24)35-15-20-21(28)5-3-6-23(20)31/h3,5-6,8-14,19H,2,4,7,15H2,1H3. The first kappa shape index (κ1) is 24.2. The molecule has 4 aromatic rings. The van der Waals surface area contributed by atoms with Gasteiger partial charge in [0.1, 0.15) is 17.4 Å². The van der Waals surface area contributed by atoms with Gasteiger partial charge in [-0.05, 0) is 73.4 Å². The average molecular weight is 531 g/mol. The summed E-state index contributed by atoms with van der Waals surface area (Å²) in [5, 5.41) is 1.65. The second-order valence-electron chi connectivity index (χ2n) is 8.37. The molecule has 0 saturated heterocycles. The summed E-state index contributed by atoms with van der Waals surface area (Å²) in [5.74, 6) is 0.332. The largest absolute Gasteiger partial charge is 0.495 e. The number of halogens is 4. The lowest BCUT2D eigenvalue weighted by atomic mass is 9.84. The van der Waals surface area contributed by atoms with E-state index in [-0.39, 0.29) is 17.6 Å². The van der Waals surface area contributed by atoms with Crippen LogP contribution in [0, 0.1) is 11.6 Å². The van der Waals surface area contributed by atoms with Crippen molar-refractivity contribution in [2.24, 2.45) is 0 Å². The summed E-state index contributed by atoms with van der Waals surface area (Å²) < 4.78 is 35.6. The number of hydrogen-bond acceptors (Lipinski definition) is 3. The summed E-state index contributed by atoms with van der Waals surface area (Å²) >= 11 is 14.1. The zero-order chi connectivity index (χ0) is 24.5. The molecule has 0 spiro atoms. The number of aromatic nitrogens is 2. The summed E-state index contributed by atoms with van der Waals surface area (Å²) in [7, 11) is 1.59. The van der Waals surface area contributed by atoms with E-state index in [1.54, 1.807) is 31.4 Å². The Kier molecular flexibility index (Phi) is 7.05. The number of thioether (sulfide) groups is 1. The van der Waals surface area contributed by atoms with Crippen LogP contribution in [0.5, 0.6) is 5.75 Å². The van der Waals surface area contributed by atoms with E-state index in [1.807, 2.05) is 18.2 Å². The van der Waals surface area contributed by atoms with Gasteiger partial charge in [0.25, 0.3) is 0 Å². The highest BCUT2D eigenvalue weighted by Gasteiger charge is 2.30. The summed E-state index contributed by atoms with van der Waals surface area (Å²) in [6.07, 6.45) is 2.73. The molecule has 8 heteroatoms. The lowest BCUT2D eigenvalue weighted by Gasteiger charge is -2.25. The molecular formula is C27H22Cl2F2N2OS. The van der Waals surface area contributed by atoms with Gasteiger partial charge in [-0.15, -0.1) is 0 Å². The smallest absolute Gasteiger partial charge is 0.173 e. The molecule has 5 rings (SSSR count). The van der Waals surface area contributed by atoms with Gasteiger partial charge in [-0.25, -0.2) is 13.8 Å². The van der Waals surface area contributed by atoms with E-state index in [4.69, 9.17) is 32.9 Å². The van der Waals surface area contributed by atoms with Crippen LogP contribution in [0.4, 0.5) is 8.78 Å². The van der Waals surface area contributed by atoms with Crippen LogP contribution in [0.25, 0.3) is 5.69 Å². The fraction of sp³-hybridized carbons (Fsp3) is 0.222. The molecule has 1 heterocycles. The molecule has 1 aliphatic carbocycles. The summed E-state index contributed by atoms with van der Waals surface area (Å²) in [6, 6.07) is 16.9. The number of nitrogens with zero attached hydrogens (tertiary/aromatic N) is 2. The van der Waals surface area contributed by atoms with Crippen LogP contribution < -0.4 is 4.74 Å². The number of rotatable bonds is 6. The fourth-order valence-corrected chi connectivity index (χ4v) is 6.22. The predicted octanol–water partition coefficient (Wildman–Crippen LogP) is 8.23. The highest BCUT2D eigenvalue weighted by molar-refractivity contribution is 7.98. The maximum atomic E-state index is 14.4. The molecular weight excluding hydrogens is 509 g/mol. The first-order valence-electron chi connectivity index (χ1n) is 11.2. The average Bonchev–Trinajstić information content (AvgIpc) is 3.22. The first-order valence-corrected chi connectivity index (χ1v) is 13.0. The Bertz CT molecular complexity index is 1350. The van der Waals surface area contributed by atoms with Gasteiger partial charge < -0.3 is 4.74 Å². The van der Waals surface area contributed by atoms with Gasteiger partial charge in [-0.2, -0.15) is 0 Å². The number of hydrogen-bond donors (Lipinski definition) is 0. The Balaban J connectivity index is 1.61. The van der Waals surface area contributed by atoms with Crippen LogP contribution in [0.2, 0.25) is 10.0 Å². The third kappa shape index (κ3) is 4.80. The number of imidazole rings is 1. The molecule has 0 fully saturated rings. The van der Waals surface area contributed by atoms with Crippen LogP contribution in [0.3, 0.4) is 0 Å². The molecule has 0 amide bonds. The van der Waals surface area contributed by atoms with Crippen LogP contribution >= 0.6 is 35.0 Å². The van der Waals surface area contributed by atoms with Gasteiger partial charge in [0.15, 0.2) is 5.16 Å². The zero-order valence-electron chi connectivity index (χ0n) is 18.9. The van der Waals surface area contributed by atoms with Gasteiger partial charge in [0.2, 0.25) is 0 Å². The minimum absolute atomic E-state index is 0.0473. The van der Waals surface area contributed by atoms with E-state index in [0.717, 1.165) is 41.9 Å². The van der Waals surface area contributed by atoms with Crippen molar-refractivity contribution in [1.29, 1.82) is 0 Å². The monoisotopic (exact) mass is 530 g/mol. The van der Waals surface area contributed by atoms with Crippen molar-refractivity contribution in [1.82, 2.24) is 9.55 Å². The molecule has 35 heavy (non-hydrogen) atoms. The minimum atomic E-state index is -0.347. The van der Waals surface area contributed by atoms with E-state index in [9.17, 15) is 8.78 Å². The summed E-state index contributed by atoms with van der Waals surface area (Å²) in [6.45, 7) is 0. The lowest BCUT2D eigenvalue weighted by Crippen LogP contribution is -2.15. The Morgan fingerprint density at radius 1 is 1.06 bits per heavy atom. The molecule has 1 aliphatic rings. The minimum Gasteiger partial charge on any atom is -0.495 e. The van der Waals surface area contributed by atoms with Gasteiger partial charge in [0, 0.05) is 27.9 Å². The van der Waals surface area contributed by atoms with Gasteiger partial charge in [0.05, 0.1) is 23.5 Å². The second-order valence-corrected chi connectivity index (χ2v) is 10.1. The zero-order valence-corrected chi connectivity index (χ0v) is 21.2. The van der Waals surface area contributed by atoms with Crippen LogP contribution in [0.15, 0.2) is 65.8 Å². The third-order valence-electron chi connectivity index (χ3n) is 6.27. The van der Waals surface area contributed by atoms with Gasteiger partial charge in [-0.3, -0.25) is 4.57 Å². The molecule has 1 unspecified atom stereocenters. The Hall–Kier alpha value is -2.54. The highest BCUT2D eigenvalue weighted by atomic mass is 35.5. The van der Waals surface area contributed by atoms with Crippen molar-refractivity contribution in [3.8, 4) is 11.4 Å². The molecule has 3 nitrogen and oxygen atoms in total. The van der Waals surface area contributed by atoms with Crippen LogP contribution in [0.1, 0.15) is 41.3 Å². The van der Waals surface area contributed by atoms with E-state index in [0.29, 0.717) is 32.3 Å². The SMILES string of the molecule is COc1ccc(C2CCCc3nc(SCc4c(F)cccc4Cl)n(-c4ccc(F)cc4)c32)cc1Cl. The van der Waals surface area contributed by atoms with Crippen molar-refractivity contribution in [3.63, 3.8) is 0 Å². The normalized spacial score (nSPS) is 15.2. The van der Waals surface area contributed by atoms with Crippen LogP contribution in [-0.4, -0.2) is 16.7 Å². The molecule has 0 saturated carbocycles. The predicted molar refractivity (Wildman–Crippen MR) is 137 cm³/mol. The topological polar surface area (TPSA) is 27.1 Å². The Morgan fingerprint density at radius 3 is 2.57 bits per heavy atom. The van der Waals surface area contributed by atoms with E-state index in [2.05, 4.69) is 4.57 Å². The van der Waals surface area contributed by atoms with Crippen molar-refractivity contribution in [2.75, 3.05) is 7.11 Å². The number of methoxy groups -OCH3 is 1. The van der Waals surface area contributed by atoms with E-state index < -0.39 is 0 Å². The second kappa shape index (κ2) is 10.2. The Labute approximate surface area is 217 Å². The molecule has 180 valence electrons. The maximum absolute atomic E-state index is 14.4. The third-order valence-corrected chi connectivity index (χ3v) is 7.88. The van der Waals surface area contributed by atoms with Gasteiger partial charge in [-0.1, -0.05) is 47.1 Å². The Morgan fingerprint density at radius 2 is 1.86 bits per heavy atom. The van der Waals surface area contributed by atoms with Crippen LogP contribution in [-0.2, 0) is 12.2 Å². The maximum Gasteiger partial charge on any atom is 0.173 e. The van der Waals surface area contributed by atoms with E-state index >= 15 is 0 Å². The first-order chi connectivity index (χ1) is 17.0. The molecule has 1 atom stereocenters. The molecule has 0 aliphatic heterocycles. The van der Waals surface area contributed by atoms with Crippen molar-refractivity contribution >= 4 is 35.0 Å². The van der Waals surface area contributed by atoms with Crippen molar-refractivity contribution in [2.45, 2.75) is 36.1 Å². The molecule has 0 N–H and O–H groups in total. The van der Waals surface area contributed by atoms with Crippen molar-refractivity contribution in [3.05, 3.63) is 105 Å². The summed E-state index contributed by atoms with van der Waals surface area (Å²) in [5.41, 5.74) is 4.33. The highest BCUT2D eigenvalue weighted by Crippen LogP contribution is 2.42. The van der Waals surface area contributed by atoms with E-state index in [1.165, 1.54) is 30.0 Å². The van der Waals surface area contributed by atoms with Gasteiger partial charge >= 0.3 is 0 Å². The lowest BCUT2D eigenvalue weighted by molar-refractivity contribution is 0.414. The van der Waals surface area contributed by atoms with Crippen molar-refractivity contribution < 1.29 is 13.5 Å². The number of aryl methyl sites for hydroxylation is 1. The molecule has 0 radical (unpaired) electrons. The summed E-state index contributed by atoms with van der Waals surface area (Å²) in [4.78, 5) is 4.96. The quantitative estimate of drug-likeness (QED) is 0.235. The molecule has 1 aromatic heterocycles. The number of ether oxygens (including phenoxy) is 1. The number of benzene rings is 3. The molecule has 0 bridgehead atoms. The molecule has 3 aromatic carbocycles. The fourth-order valence-electron chi connectivity index (χ4n) is 4.57. The number of fused-ring (bicyclic) bond motifs is 1.